The predicted molar refractivity (Wildman–Crippen MR) is 67.2 cm³/mol. The quantitative estimate of drug-likeness (QED) is 0.400. The molecule has 96 valence electrons. The molecular formula is C12H18ClNO2S. The molecule has 0 amide bonds. The van der Waals surface area contributed by atoms with E-state index in [1.807, 2.05) is 18.2 Å². The largest absolute Gasteiger partial charge is 1.00 e. The van der Waals surface area contributed by atoms with Gasteiger partial charge in [0.25, 0.3) is 0 Å². The molecule has 1 aromatic rings. The number of halogens is 1. The second kappa shape index (κ2) is 7.71. The Labute approximate surface area is 113 Å². The van der Waals surface area contributed by atoms with Crippen LogP contribution in [0.4, 0.5) is 0 Å². The summed E-state index contributed by atoms with van der Waals surface area (Å²) < 4.78 is 6.11. The van der Waals surface area contributed by atoms with Crippen molar-refractivity contribution in [3.63, 3.8) is 0 Å². The predicted octanol–water partition coefficient (Wildman–Crippen LogP) is -0.798. The molecule has 0 aliphatic carbocycles. The van der Waals surface area contributed by atoms with Crippen LogP contribution in [0.2, 0.25) is 0 Å². The Morgan fingerprint density at radius 2 is 1.82 bits per heavy atom. The van der Waals surface area contributed by atoms with Crippen molar-refractivity contribution in [2.45, 2.75) is 0 Å². The summed E-state index contributed by atoms with van der Waals surface area (Å²) in [5.74, 6) is 0. The van der Waals surface area contributed by atoms with Gasteiger partial charge in [0, 0.05) is 5.56 Å². The Bertz CT molecular complexity index is 338. The smallest absolute Gasteiger partial charge is 0.246 e. The van der Waals surface area contributed by atoms with E-state index in [1.54, 1.807) is 12.1 Å². The first-order chi connectivity index (χ1) is 7.49. The molecule has 0 spiro atoms. The highest BCUT2D eigenvalue weighted by molar-refractivity contribution is 8.10. The van der Waals surface area contributed by atoms with Crippen LogP contribution in [0.15, 0.2) is 30.3 Å². The number of benzene rings is 1. The van der Waals surface area contributed by atoms with Gasteiger partial charge in [-0.25, -0.2) is 0 Å². The molecule has 5 heteroatoms. The highest BCUT2D eigenvalue weighted by atomic mass is 35.5. The molecule has 0 heterocycles. The van der Waals surface area contributed by atoms with Gasteiger partial charge in [-0.2, -0.15) is 0 Å². The lowest BCUT2D eigenvalue weighted by Crippen LogP contribution is -3.00. The zero-order valence-electron chi connectivity index (χ0n) is 10.4. The van der Waals surface area contributed by atoms with E-state index in [-0.39, 0.29) is 17.5 Å². The van der Waals surface area contributed by atoms with Gasteiger partial charge in [-0.15, -0.1) is 0 Å². The molecule has 0 fully saturated rings. The van der Waals surface area contributed by atoms with E-state index in [4.69, 9.17) is 4.18 Å². The standard InChI is InChI=1S/C12H18NO2S.ClH/c1-13(2,3)9-10-15-16-12(14)11-7-5-4-6-8-11;/h4-8H,9-10H2,1-3H3;1H/q+1;/p-1. The van der Waals surface area contributed by atoms with Crippen LogP contribution < -0.4 is 12.4 Å². The van der Waals surface area contributed by atoms with Gasteiger partial charge in [0.1, 0.15) is 13.2 Å². The van der Waals surface area contributed by atoms with Crippen molar-refractivity contribution in [1.82, 2.24) is 0 Å². The maximum absolute atomic E-state index is 11.6. The molecule has 1 rings (SSSR count). The van der Waals surface area contributed by atoms with Crippen LogP contribution in [-0.4, -0.2) is 43.9 Å². The fourth-order valence-electron chi connectivity index (χ4n) is 1.03. The van der Waals surface area contributed by atoms with E-state index in [2.05, 4.69) is 21.1 Å². The van der Waals surface area contributed by atoms with Crippen LogP contribution in [0, 0.1) is 0 Å². The van der Waals surface area contributed by atoms with Crippen LogP contribution in [0.1, 0.15) is 10.4 Å². The fourth-order valence-corrected chi connectivity index (χ4v) is 1.53. The number of hydrogen-bond donors (Lipinski definition) is 0. The Kier molecular flexibility index (Phi) is 7.46. The molecule has 0 saturated carbocycles. The monoisotopic (exact) mass is 275 g/mol. The Hall–Kier alpha value is -0.550. The summed E-state index contributed by atoms with van der Waals surface area (Å²) >= 11 is 0.921. The first-order valence-electron chi connectivity index (χ1n) is 5.18. The highest BCUT2D eigenvalue weighted by Gasteiger charge is 2.09. The first kappa shape index (κ1) is 16.4. The number of nitrogens with zero attached hydrogens (tertiary/aromatic N) is 1. The van der Waals surface area contributed by atoms with E-state index in [9.17, 15) is 4.79 Å². The lowest BCUT2D eigenvalue weighted by Gasteiger charge is -2.22. The number of quaternary nitrogens is 1. The molecule has 0 atom stereocenters. The van der Waals surface area contributed by atoms with Gasteiger partial charge in [-0.1, -0.05) is 30.3 Å². The average Bonchev–Trinajstić information content (AvgIpc) is 2.24. The average molecular weight is 276 g/mol. The van der Waals surface area contributed by atoms with Gasteiger partial charge in [-0.3, -0.25) is 4.79 Å². The van der Waals surface area contributed by atoms with Crippen LogP contribution in [0.25, 0.3) is 0 Å². The summed E-state index contributed by atoms with van der Waals surface area (Å²) in [4.78, 5) is 11.6. The van der Waals surface area contributed by atoms with Crippen molar-refractivity contribution in [1.29, 1.82) is 0 Å². The second-order valence-corrected chi connectivity index (χ2v) is 5.35. The zero-order chi connectivity index (χ0) is 12.0. The molecule has 0 aliphatic rings. The van der Waals surface area contributed by atoms with Crippen molar-refractivity contribution in [3.8, 4) is 0 Å². The van der Waals surface area contributed by atoms with E-state index in [0.717, 1.165) is 23.1 Å². The fraction of sp³-hybridized carbons (Fsp3) is 0.417. The number of carbonyl (C=O) groups excluding carboxylic acids is 1. The summed E-state index contributed by atoms with van der Waals surface area (Å²) in [5, 5.41) is -0.0398. The third-order valence-corrected chi connectivity index (χ3v) is 2.66. The summed E-state index contributed by atoms with van der Waals surface area (Å²) in [6.07, 6.45) is 0. The van der Waals surface area contributed by atoms with Gasteiger partial charge in [-0.05, 0) is 0 Å². The minimum absolute atomic E-state index is 0. The molecule has 0 aromatic heterocycles. The van der Waals surface area contributed by atoms with Crippen molar-refractivity contribution >= 4 is 17.2 Å². The minimum atomic E-state index is -0.0398. The lowest BCUT2D eigenvalue weighted by molar-refractivity contribution is -0.870. The molecule has 0 saturated heterocycles. The number of rotatable bonds is 5. The van der Waals surface area contributed by atoms with Crippen LogP contribution in [0.5, 0.6) is 0 Å². The van der Waals surface area contributed by atoms with Gasteiger partial charge in [0.2, 0.25) is 5.12 Å². The molecule has 0 N–H and O–H groups in total. The Morgan fingerprint density at radius 1 is 1.24 bits per heavy atom. The molecule has 0 bridgehead atoms. The molecule has 0 unspecified atom stereocenters. The van der Waals surface area contributed by atoms with Gasteiger partial charge in [0.05, 0.1) is 33.2 Å². The third kappa shape index (κ3) is 7.39. The SMILES string of the molecule is C[N+](C)(C)CCOSC(=O)c1ccccc1.[Cl-]. The summed E-state index contributed by atoms with van der Waals surface area (Å²) in [6.45, 7) is 1.46. The van der Waals surface area contributed by atoms with Crippen molar-refractivity contribution in [2.24, 2.45) is 0 Å². The van der Waals surface area contributed by atoms with Gasteiger partial charge in [0.15, 0.2) is 0 Å². The zero-order valence-corrected chi connectivity index (χ0v) is 11.9. The van der Waals surface area contributed by atoms with E-state index < -0.39 is 0 Å². The van der Waals surface area contributed by atoms with Crippen LogP contribution in [0.3, 0.4) is 0 Å². The van der Waals surface area contributed by atoms with Crippen molar-refractivity contribution in [3.05, 3.63) is 35.9 Å². The maximum atomic E-state index is 11.6. The maximum Gasteiger partial charge on any atom is 0.246 e. The molecule has 0 aliphatic heterocycles. The Balaban J connectivity index is 0.00000256. The molecule has 0 radical (unpaired) electrons. The molecular weight excluding hydrogens is 258 g/mol. The van der Waals surface area contributed by atoms with E-state index in [1.165, 1.54) is 0 Å². The number of hydrogen-bond acceptors (Lipinski definition) is 3. The van der Waals surface area contributed by atoms with Gasteiger partial charge < -0.3 is 21.1 Å². The van der Waals surface area contributed by atoms with Crippen LogP contribution in [-0.2, 0) is 4.18 Å². The molecule has 17 heavy (non-hydrogen) atoms. The number of carbonyl (C=O) groups is 1. The normalized spacial score (nSPS) is 10.8. The van der Waals surface area contributed by atoms with Crippen LogP contribution >= 0.6 is 12.0 Å². The summed E-state index contributed by atoms with van der Waals surface area (Å²) in [6, 6.07) is 9.16. The van der Waals surface area contributed by atoms with E-state index in [0.29, 0.717) is 12.2 Å². The molecule has 3 nitrogen and oxygen atoms in total. The van der Waals surface area contributed by atoms with E-state index >= 15 is 0 Å². The first-order valence-corrected chi connectivity index (χ1v) is 5.92. The summed E-state index contributed by atoms with van der Waals surface area (Å²) in [5.41, 5.74) is 0.678. The summed E-state index contributed by atoms with van der Waals surface area (Å²) in [7, 11) is 6.27. The van der Waals surface area contributed by atoms with Gasteiger partial charge >= 0.3 is 0 Å². The highest BCUT2D eigenvalue weighted by Crippen LogP contribution is 2.13. The van der Waals surface area contributed by atoms with Crippen molar-refractivity contribution < 1.29 is 25.9 Å². The third-order valence-electron chi connectivity index (χ3n) is 1.99. The topological polar surface area (TPSA) is 26.3 Å². The second-order valence-electron chi connectivity index (χ2n) is 4.57. The molecule has 1 aromatic carbocycles. The minimum Gasteiger partial charge on any atom is -1.00 e. The lowest BCUT2D eigenvalue weighted by atomic mass is 10.2. The Morgan fingerprint density at radius 3 is 2.35 bits per heavy atom. The van der Waals surface area contributed by atoms with Crippen molar-refractivity contribution in [2.75, 3.05) is 34.3 Å². The number of likely N-dealkylation sites (N-methyl/N-ethyl adjacent to an activating group) is 1.